The van der Waals surface area contributed by atoms with Gasteiger partial charge in [-0.05, 0) is 24.1 Å². The third-order valence-electron chi connectivity index (χ3n) is 1.63. The van der Waals surface area contributed by atoms with Crippen LogP contribution in [0.5, 0.6) is 0 Å². The highest BCUT2D eigenvalue weighted by Gasteiger charge is 2.00. The van der Waals surface area contributed by atoms with E-state index in [9.17, 15) is 0 Å². The first-order valence-corrected chi connectivity index (χ1v) is 3.81. The van der Waals surface area contributed by atoms with Crippen molar-refractivity contribution in [2.75, 3.05) is 0 Å². The normalized spacial score (nSPS) is 10.1. The highest BCUT2D eigenvalue weighted by Crippen LogP contribution is 2.18. The van der Waals surface area contributed by atoms with E-state index in [2.05, 4.69) is 5.43 Å². The molecule has 3 N–H and O–H groups in total. The molecule has 0 amide bonds. The second-order valence-corrected chi connectivity index (χ2v) is 2.82. The summed E-state index contributed by atoms with van der Waals surface area (Å²) in [6, 6.07) is 5.80. The van der Waals surface area contributed by atoms with Crippen LogP contribution in [0.1, 0.15) is 11.1 Å². The Labute approximate surface area is 71.3 Å². The molecule has 0 aliphatic rings. The van der Waals surface area contributed by atoms with Gasteiger partial charge in [-0.25, -0.2) is 0 Å². The number of nitrogens with two attached hydrogens (primary N) is 1. The van der Waals surface area contributed by atoms with Crippen LogP contribution in [0.2, 0.25) is 5.02 Å². The SMILES string of the molecule is Cc1cccc(Cl)c1CNN. The maximum Gasteiger partial charge on any atom is 0.0454 e. The molecule has 1 rings (SSSR count). The van der Waals surface area contributed by atoms with Crippen LogP contribution in [-0.4, -0.2) is 0 Å². The van der Waals surface area contributed by atoms with E-state index in [1.807, 2.05) is 25.1 Å². The van der Waals surface area contributed by atoms with Crippen molar-refractivity contribution in [1.82, 2.24) is 5.43 Å². The highest BCUT2D eigenvalue weighted by molar-refractivity contribution is 6.31. The van der Waals surface area contributed by atoms with E-state index in [1.165, 1.54) is 0 Å². The van der Waals surface area contributed by atoms with Gasteiger partial charge in [0.2, 0.25) is 0 Å². The molecule has 0 aliphatic carbocycles. The molecule has 0 aliphatic heterocycles. The van der Waals surface area contributed by atoms with Crippen molar-refractivity contribution in [1.29, 1.82) is 0 Å². The minimum Gasteiger partial charge on any atom is -0.271 e. The maximum atomic E-state index is 5.91. The third-order valence-corrected chi connectivity index (χ3v) is 1.99. The zero-order valence-corrected chi connectivity index (χ0v) is 7.15. The summed E-state index contributed by atoms with van der Waals surface area (Å²) in [5, 5.41) is 0.767. The molecular weight excluding hydrogens is 160 g/mol. The summed E-state index contributed by atoms with van der Waals surface area (Å²) < 4.78 is 0. The summed E-state index contributed by atoms with van der Waals surface area (Å²) in [6.45, 7) is 2.63. The van der Waals surface area contributed by atoms with Crippen molar-refractivity contribution < 1.29 is 0 Å². The van der Waals surface area contributed by atoms with Crippen molar-refractivity contribution in [3.63, 3.8) is 0 Å². The monoisotopic (exact) mass is 170 g/mol. The lowest BCUT2D eigenvalue weighted by molar-refractivity contribution is 0.738. The third kappa shape index (κ3) is 1.93. The Morgan fingerprint density at radius 2 is 2.27 bits per heavy atom. The molecule has 0 atom stereocenters. The number of nitrogens with one attached hydrogen (secondary N) is 1. The van der Waals surface area contributed by atoms with Crippen molar-refractivity contribution in [3.8, 4) is 0 Å². The zero-order valence-electron chi connectivity index (χ0n) is 6.39. The lowest BCUT2D eigenvalue weighted by Gasteiger charge is -2.05. The maximum absolute atomic E-state index is 5.91. The van der Waals surface area contributed by atoms with E-state index in [4.69, 9.17) is 17.4 Å². The number of hydrazine groups is 1. The molecule has 0 heterocycles. The van der Waals surface area contributed by atoms with Gasteiger partial charge in [-0.2, -0.15) is 0 Å². The van der Waals surface area contributed by atoms with Gasteiger partial charge >= 0.3 is 0 Å². The molecule has 60 valence electrons. The van der Waals surface area contributed by atoms with Gasteiger partial charge in [0.1, 0.15) is 0 Å². The largest absolute Gasteiger partial charge is 0.271 e. The second kappa shape index (κ2) is 3.72. The Morgan fingerprint density at radius 3 is 2.82 bits per heavy atom. The Hall–Kier alpha value is -0.570. The molecular formula is C8H11ClN2. The molecule has 0 saturated heterocycles. The summed E-state index contributed by atoms with van der Waals surface area (Å²) in [4.78, 5) is 0. The lowest BCUT2D eigenvalue weighted by atomic mass is 10.1. The predicted molar refractivity (Wildman–Crippen MR) is 47.2 cm³/mol. The minimum atomic E-state index is 0.617. The van der Waals surface area contributed by atoms with E-state index < -0.39 is 0 Å². The molecule has 1 aromatic carbocycles. The Kier molecular flexibility index (Phi) is 2.88. The van der Waals surface area contributed by atoms with Gasteiger partial charge in [0.25, 0.3) is 0 Å². The van der Waals surface area contributed by atoms with E-state index in [0.717, 1.165) is 16.1 Å². The molecule has 0 aromatic heterocycles. The highest BCUT2D eigenvalue weighted by atomic mass is 35.5. The summed E-state index contributed by atoms with van der Waals surface area (Å²) in [6.07, 6.45) is 0. The van der Waals surface area contributed by atoms with Gasteiger partial charge in [-0.3, -0.25) is 11.3 Å². The first-order chi connectivity index (χ1) is 5.25. The Balaban J connectivity index is 3.00. The van der Waals surface area contributed by atoms with Crippen LogP contribution in [-0.2, 0) is 6.54 Å². The number of aryl methyl sites for hydroxylation is 1. The van der Waals surface area contributed by atoms with E-state index in [-0.39, 0.29) is 0 Å². The quantitative estimate of drug-likeness (QED) is 0.523. The van der Waals surface area contributed by atoms with Gasteiger partial charge in [-0.1, -0.05) is 23.7 Å². The van der Waals surface area contributed by atoms with Crippen molar-refractivity contribution in [2.45, 2.75) is 13.5 Å². The first-order valence-electron chi connectivity index (χ1n) is 3.43. The van der Waals surface area contributed by atoms with Gasteiger partial charge in [-0.15, -0.1) is 0 Å². The molecule has 0 radical (unpaired) electrons. The topological polar surface area (TPSA) is 38.0 Å². The first kappa shape index (κ1) is 8.53. The molecule has 0 bridgehead atoms. The molecule has 1 aromatic rings. The number of halogens is 1. The summed E-state index contributed by atoms with van der Waals surface area (Å²) in [7, 11) is 0. The average molecular weight is 171 g/mol. The van der Waals surface area contributed by atoms with Gasteiger partial charge in [0, 0.05) is 11.6 Å². The lowest BCUT2D eigenvalue weighted by Crippen LogP contribution is -2.21. The molecule has 0 spiro atoms. The number of hydrogen-bond acceptors (Lipinski definition) is 2. The van der Waals surface area contributed by atoms with Gasteiger partial charge in [0.15, 0.2) is 0 Å². The summed E-state index contributed by atoms with van der Waals surface area (Å²) >= 11 is 5.91. The van der Waals surface area contributed by atoms with Crippen molar-refractivity contribution in [2.24, 2.45) is 5.84 Å². The molecule has 0 saturated carbocycles. The molecule has 0 fully saturated rings. The van der Waals surface area contributed by atoms with E-state index in [0.29, 0.717) is 6.54 Å². The fraction of sp³-hybridized carbons (Fsp3) is 0.250. The summed E-state index contributed by atoms with van der Waals surface area (Å²) in [5.74, 6) is 5.19. The van der Waals surface area contributed by atoms with Crippen LogP contribution in [0.15, 0.2) is 18.2 Å². The van der Waals surface area contributed by atoms with Crippen LogP contribution in [0, 0.1) is 6.92 Å². The molecule has 2 nitrogen and oxygen atoms in total. The molecule has 11 heavy (non-hydrogen) atoms. The van der Waals surface area contributed by atoms with Crippen LogP contribution < -0.4 is 11.3 Å². The predicted octanol–water partition coefficient (Wildman–Crippen LogP) is 1.61. The molecule has 3 heteroatoms. The standard InChI is InChI=1S/C8H11ClN2/c1-6-3-2-4-8(9)7(6)5-11-10/h2-4,11H,5,10H2,1H3. The number of benzene rings is 1. The smallest absolute Gasteiger partial charge is 0.0454 e. The fourth-order valence-corrected chi connectivity index (χ4v) is 1.28. The zero-order chi connectivity index (χ0) is 8.27. The van der Waals surface area contributed by atoms with E-state index >= 15 is 0 Å². The number of rotatable bonds is 2. The van der Waals surface area contributed by atoms with Crippen molar-refractivity contribution >= 4 is 11.6 Å². The van der Waals surface area contributed by atoms with E-state index in [1.54, 1.807) is 0 Å². The number of hydrogen-bond donors (Lipinski definition) is 2. The van der Waals surface area contributed by atoms with Crippen molar-refractivity contribution in [3.05, 3.63) is 34.3 Å². The fourth-order valence-electron chi connectivity index (χ4n) is 0.992. The second-order valence-electron chi connectivity index (χ2n) is 2.42. The van der Waals surface area contributed by atoms with Crippen LogP contribution in [0.25, 0.3) is 0 Å². The van der Waals surface area contributed by atoms with Gasteiger partial charge < -0.3 is 0 Å². The van der Waals surface area contributed by atoms with Gasteiger partial charge in [0.05, 0.1) is 0 Å². The van der Waals surface area contributed by atoms with Crippen LogP contribution >= 0.6 is 11.6 Å². The minimum absolute atomic E-state index is 0.617. The van der Waals surface area contributed by atoms with Crippen LogP contribution in [0.4, 0.5) is 0 Å². The summed E-state index contributed by atoms with van der Waals surface area (Å²) in [5.41, 5.74) is 4.81. The average Bonchev–Trinajstić information content (AvgIpc) is 1.97. The Morgan fingerprint density at radius 1 is 1.55 bits per heavy atom. The Bertz CT molecular complexity index is 228. The van der Waals surface area contributed by atoms with Crippen LogP contribution in [0.3, 0.4) is 0 Å². The molecule has 0 unspecified atom stereocenters.